The lowest BCUT2D eigenvalue weighted by atomic mass is 9.33. The summed E-state index contributed by atoms with van der Waals surface area (Å²) in [7, 11) is 0. The number of rotatable bonds is 12. The summed E-state index contributed by atoms with van der Waals surface area (Å²) in [5.41, 5.74) is 37.5. The van der Waals surface area contributed by atoms with Crippen LogP contribution >= 0.6 is 0 Å². The van der Waals surface area contributed by atoms with Crippen molar-refractivity contribution in [3.8, 4) is 72.4 Å². The number of hydrogen-bond donors (Lipinski definition) is 0. The van der Waals surface area contributed by atoms with E-state index in [1.165, 1.54) is 82.7 Å². The fraction of sp³-hybridized carbons (Fsp3) is 0.211. The molecule has 0 amide bonds. The molecule has 18 rings (SSSR count). The first-order valence-corrected chi connectivity index (χ1v) is 42.7. The Morgan fingerprint density at radius 2 is 0.521 bits per heavy atom. The van der Waals surface area contributed by atoms with E-state index in [0.29, 0.717) is 0 Å². The SMILES string of the molecule is CC(C)(C)c1cc(-c2ccc3c(c2)N(c2c(-c4ccccc4)cc(C(C)(C)C)cc2-c2ccccc2)c2cc(N(c4ccccc4)c4ccc(-n5c6ccccc6c6ccccc65)cc4)cc4c2B3c2ccc(-c3cc(C(C)(C)C)cc(C(C)(C)C)c3)cc2N4c2c(-c3ccccc3)cc(C(C)(C)C)cc2-c2ccccc2)cc(C(C)(C)C)c1. The molecule has 2 aliphatic rings. The predicted molar refractivity (Wildman–Crippen MR) is 514 cm³/mol. The van der Waals surface area contributed by atoms with Gasteiger partial charge in [-0.05, 0) is 224 Å². The lowest BCUT2D eigenvalue weighted by Crippen LogP contribution is -2.61. The zero-order valence-electron chi connectivity index (χ0n) is 72.6. The average Bonchev–Trinajstić information content (AvgIpc) is 1.15. The van der Waals surface area contributed by atoms with Gasteiger partial charge in [-0.2, -0.15) is 0 Å². The highest BCUT2D eigenvalue weighted by molar-refractivity contribution is 7.00. The van der Waals surface area contributed by atoms with E-state index in [1.807, 2.05) is 0 Å². The summed E-state index contributed by atoms with van der Waals surface area (Å²) in [4.78, 5) is 8.04. The van der Waals surface area contributed by atoms with Gasteiger partial charge in [-0.1, -0.05) is 361 Å². The van der Waals surface area contributed by atoms with Crippen molar-refractivity contribution >= 4 is 96.1 Å². The molecule has 4 nitrogen and oxygen atoms in total. The summed E-state index contributed by atoms with van der Waals surface area (Å²) in [5, 5.41) is 2.46. The predicted octanol–water partition coefficient (Wildman–Crippen LogP) is 30.1. The Kier molecular flexibility index (Phi) is 19.1. The summed E-state index contributed by atoms with van der Waals surface area (Å²) in [6.07, 6.45) is 0. The van der Waals surface area contributed by atoms with Crippen molar-refractivity contribution in [3.05, 3.63) is 367 Å². The van der Waals surface area contributed by atoms with Crippen LogP contribution in [0.5, 0.6) is 0 Å². The van der Waals surface area contributed by atoms with E-state index in [0.717, 1.165) is 113 Å². The second-order valence-corrected chi connectivity index (χ2v) is 39.5. The zero-order valence-corrected chi connectivity index (χ0v) is 72.6. The fourth-order valence-electron chi connectivity index (χ4n) is 18.2. The van der Waals surface area contributed by atoms with Gasteiger partial charge >= 0.3 is 0 Å². The average molecular weight is 1550 g/mol. The Bertz CT molecular complexity index is 6030. The molecule has 0 N–H and O–H groups in total. The van der Waals surface area contributed by atoms with Gasteiger partial charge in [0.2, 0.25) is 0 Å². The van der Waals surface area contributed by atoms with Gasteiger partial charge in [-0.15, -0.1) is 0 Å². The van der Waals surface area contributed by atoms with Crippen molar-refractivity contribution in [3.63, 3.8) is 0 Å². The van der Waals surface area contributed by atoms with Crippen molar-refractivity contribution in [1.82, 2.24) is 4.57 Å². The molecule has 15 aromatic carbocycles. The van der Waals surface area contributed by atoms with Gasteiger partial charge in [0.15, 0.2) is 0 Å². The van der Waals surface area contributed by atoms with Crippen LogP contribution in [0, 0.1) is 0 Å². The summed E-state index contributed by atoms with van der Waals surface area (Å²) in [6.45, 7) is 42.2. The molecule has 0 spiro atoms. The molecule has 0 aliphatic carbocycles. The first kappa shape index (κ1) is 77.8. The maximum absolute atomic E-state index is 2.75. The Hall–Kier alpha value is -12.4. The summed E-state index contributed by atoms with van der Waals surface area (Å²) >= 11 is 0. The van der Waals surface area contributed by atoms with Crippen molar-refractivity contribution < 1.29 is 0 Å². The van der Waals surface area contributed by atoms with Crippen molar-refractivity contribution in [2.45, 2.75) is 157 Å². The minimum absolute atomic E-state index is 0.130. The standard InChI is InChI=1S/C114H109BN4/c1-109(2,3)82-60-80(61-83(66-82)110(4,5)6)78-52-58-98-102(64-78)118(107-94(74-38-24-19-25-39-74)68-86(113(13,14)15)69-95(107)75-40-26-20-27-41-75)104-72-91(116(88-46-32-23-33-47-88)89-54-56-90(57-55-89)117-100-50-36-34-48-92(100)93-49-35-37-51-101(93)117)73-105-106(104)115(98)99-59-53-79(81-62-84(111(7,8)9)67-85(63-81)112(10,11)12)65-103(99)119(105)108-96(76-42-28-21-29-43-76)70-87(114(16,17)18)71-97(108)77-44-30-22-31-45-77/h19-73H,1-18H3. The van der Waals surface area contributed by atoms with Gasteiger partial charge in [0, 0.05) is 72.8 Å². The molecule has 16 aromatic rings. The number of aromatic nitrogens is 1. The first-order valence-electron chi connectivity index (χ1n) is 42.7. The van der Waals surface area contributed by atoms with Crippen molar-refractivity contribution in [1.29, 1.82) is 0 Å². The van der Waals surface area contributed by atoms with Gasteiger partial charge < -0.3 is 19.3 Å². The molecule has 588 valence electrons. The molecule has 0 unspecified atom stereocenters. The van der Waals surface area contributed by atoms with E-state index < -0.39 is 0 Å². The highest BCUT2D eigenvalue weighted by atomic mass is 15.2. The van der Waals surface area contributed by atoms with Crippen LogP contribution < -0.4 is 31.1 Å². The number of para-hydroxylation sites is 3. The Morgan fingerprint density at radius 3 is 0.849 bits per heavy atom. The minimum Gasteiger partial charge on any atom is -0.310 e. The molecule has 3 heterocycles. The van der Waals surface area contributed by atoms with Gasteiger partial charge in [0.05, 0.1) is 28.1 Å². The number of hydrogen-bond acceptors (Lipinski definition) is 3. The fourth-order valence-corrected chi connectivity index (χ4v) is 18.2. The number of benzene rings is 15. The normalized spacial score (nSPS) is 13.1. The molecule has 5 heteroatoms. The third-order valence-electron chi connectivity index (χ3n) is 25.0. The highest BCUT2D eigenvalue weighted by Gasteiger charge is 2.47. The van der Waals surface area contributed by atoms with E-state index in [2.05, 4.69) is 478 Å². The van der Waals surface area contributed by atoms with Crippen LogP contribution in [0.15, 0.2) is 334 Å². The summed E-state index contributed by atoms with van der Waals surface area (Å²) in [6, 6.07) is 129. The van der Waals surface area contributed by atoms with Gasteiger partial charge in [0.25, 0.3) is 6.71 Å². The van der Waals surface area contributed by atoms with E-state index >= 15 is 0 Å². The Morgan fingerprint density at radius 1 is 0.227 bits per heavy atom. The topological polar surface area (TPSA) is 14.7 Å². The summed E-state index contributed by atoms with van der Waals surface area (Å²) < 4.78 is 2.43. The molecule has 0 saturated heterocycles. The molecule has 119 heavy (non-hydrogen) atoms. The van der Waals surface area contributed by atoms with Crippen LogP contribution in [0.3, 0.4) is 0 Å². The Balaban J connectivity index is 1.05. The van der Waals surface area contributed by atoms with E-state index in [9.17, 15) is 0 Å². The van der Waals surface area contributed by atoms with Gasteiger partial charge in [-0.25, -0.2) is 0 Å². The third kappa shape index (κ3) is 14.3. The zero-order chi connectivity index (χ0) is 83.0. The number of anilines is 9. The molecule has 0 radical (unpaired) electrons. The molecule has 0 bridgehead atoms. The number of fused-ring (bicyclic) bond motifs is 7. The van der Waals surface area contributed by atoms with Gasteiger partial charge in [0.1, 0.15) is 0 Å². The second-order valence-electron chi connectivity index (χ2n) is 39.5. The third-order valence-corrected chi connectivity index (χ3v) is 25.0. The van der Waals surface area contributed by atoms with Crippen LogP contribution in [-0.2, 0) is 32.5 Å². The second kappa shape index (κ2) is 29.3. The van der Waals surface area contributed by atoms with E-state index in [-0.39, 0.29) is 39.2 Å². The molecule has 0 fully saturated rings. The molecule has 2 aliphatic heterocycles. The smallest absolute Gasteiger partial charge is 0.252 e. The lowest BCUT2D eigenvalue weighted by molar-refractivity contribution is 0.568. The van der Waals surface area contributed by atoms with E-state index in [4.69, 9.17) is 0 Å². The molecule has 0 atom stereocenters. The molecular formula is C114H109BN4. The highest BCUT2D eigenvalue weighted by Crippen LogP contribution is 2.57. The van der Waals surface area contributed by atoms with Crippen LogP contribution in [0.1, 0.15) is 158 Å². The lowest BCUT2D eigenvalue weighted by Gasteiger charge is -2.46. The van der Waals surface area contributed by atoms with E-state index in [1.54, 1.807) is 0 Å². The largest absolute Gasteiger partial charge is 0.310 e. The monoisotopic (exact) mass is 1540 g/mol. The molecule has 1 aromatic heterocycles. The maximum Gasteiger partial charge on any atom is 0.252 e. The Labute approximate surface area is 707 Å². The van der Waals surface area contributed by atoms with Crippen LogP contribution in [0.4, 0.5) is 51.2 Å². The molecule has 0 saturated carbocycles. The number of nitrogens with zero attached hydrogens (tertiary/aromatic N) is 4. The quantitative estimate of drug-likeness (QED) is 0.113. The van der Waals surface area contributed by atoms with Crippen LogP contribution in [-0.4, -0.2) is 11.3 Å². The maximum atomic E-state index is 2.75. The van der Waals surface area contributed by atoms with Gasteiger partial charge in [-0.3, -0.25) is 0 Å². The first-order chi connectivity index (χ1) is 56.8. The minimum atomic E-state index is -0.300. The van der Waals surface area contributed by atoms with Crippen LogP contribution in [0.25, 0.3) is 94.3 Å². The molecular weight excluding hydrogens is 1440 g/mol. The van der Waals surface area contributed by atoms with Crippen molar-refractivity contribution in [2.24, 2.45) is 0 Å². The van der Waals surface area contributed by atoms with Crippen molar-refractivity contribution in [2.75, 3.05) is 14.7 Å². The van der Waals surface area contributed by atoms with Crippen LogP contribution in [0.2, 0.25) is 0 Å². The summed E-state index contributed by atoms with van der Waals surface area (Å²) in [5.74, 6) is 0.